The van der Waals surface area contributed by atoms with Gasteiger partial charge in [0, 0.05) is 31.9 Å². The zero-order chi connectivity index (χ0) is 17.6. The number of aliphatic hydroxyl groups excluding tert-OH is 1. The van der Waals surface area contributed by atoms with Crippen molar-refractivity contribution in [3.63, 3.8) is 0 Å². The number of nitrogens with zero attached hydrogens (tertiary/aromatic N) is 1. The first-order chi connectivity index (χ1) is 11.4. The molecule has 1 aliphatic rings. The van der Waals surface area contributed by atoms with Crippen LogP contribution in [0.5, 0.6) is 0 Å². The molecule has 0 aliphatic carbocycles. The average molecular weight is 334 g/mol. The summed E-state index contributed by atoms with van der Waals surface area (Å²) in [5.41, 5.74) is 1.82. The molecule has 2 rings (SSSR count). The van der Waals surface area contributed by atoms with Gasteiger partial charge in [0.2, 0.25) is 0 Å². The van der Waals surface area contributed by atoms with E-state index in [-0.39, 0.29) is 12.7 Å². The summed E-state index contributed by atoms with van der Waals surface area (Å²) in [6, 6.07) is 8.20. The van der Waals surface area contributed by atoms with Gasteiger partial charge in [0.15, 0.2) is 0 Å². The van der Waals surface area contributed by atoms with Gasteiger partial charge in [-0.1, -0.05) is 12.1 Å². The molecule has 0 atom stereocenters. The van der Waals surface area contributed by atoms with Crippen LogP contribution >= 0.6 is 0 Å². The van der Waals surface area contributed by atoms with Gasteiger partial charge < -0.3 is 20.1 Å². The van der Waals surface area contributed by atoms with Crippen molar-refractivity contribution in [1.29, 1.82) is 0 Å². The van der Waals surface area contributed by atoms with E-state index < -0.39 is 5.60 Å². The maximum absolute atomic E-state index is 12.1. The number of aliphatic hydroxyl groups is 1. The number of anilines is 1. The molecule has 0 saturated carbocycles. The monoisotopic (exact) mass is 334 g/mol. The number of amides is 1. The largest absolute Gasteiger partial charge is 0.444 e. The molecule has 2 N–H and O–H groups in total. The lowest BCUT2D eigenvalue weighted by Crippen LogP contribution is -2.42. The Balaban J connectivity index is 1.72. The van der Waals surface area contributed by atoms with Crippen molar-refractivity contribution in [3.8, 4) is 0 Å². The number of piperidine rings is 1. The van der Waals surface area contributed by atoms with Gasteiger partial charge >= 0.3 is 6.09 Å². The Morgan fingerprint density at radius 2 is 1.88 bits per heavy atom. The van der Waals surface area contributed by atoms with Crippen LogP contribution in [-0.2, 0) is 11.2 Å². The average Bonchev–Trinajstić information content (AvgIpc) is 2.53. The van der Waals surface area contributed by atoms with Crippen molar-refractivity contribution < 1.29 is 14.6 Å². The molecule has 1 saturated heterocycles. The third-order valence-electron chi connectivity index (χ3n) is 4.22. The number of ether oxygens (including phenoxy) is 1. The Morgan fingerprint density at radius 1 is 1.25 bits per heavy atom. The first-order valence-corrected chi connectivity index (χ1v) is 8.79. The molecule has 0 aromatic heterocycles. The molecule has 24 heavy (non-hydrogen) atoms. The Labute approximate surface area is 145 Å². The van der Waals surface area contributed by atoms with Gasteiger partial charge in [0.1, 0.15) is 5.60 Å². The normalized spacial score (nSPS) is 16.1. The number of rotatable bonds is 5. The van der Waals surface area contributed by atoms with Gasteiger partial charge in [-0.15, -0.1) is 0 Å². The van der Waals surface area contributed by atoms with E-state index in [2.05, 4.69) is 17.4 Å². The first kappa shape index (κ1) is 18.6. The summed E-state index contributed by atoms with van der Waals surface area (Å²) in [6.07, 6.45) is 2.49. The molecule has 1 aromatic carbocycles. The second kappa shape index (κ2) is 8.38. The lowest BCUT2D eigenvalue weighted by Gasteiger charge is -2.33. The molecule has 0 radical (unpaired) electrons. The van der Waals surface area contributed by atoms with E-state index in [1.54, 1.807) is 0 Å². The smallest absolute Gasteiger partial charge is 0.410 e. The fraction of sp³-hybridized carbons (Fsp3) is 0.632. The minimum absolute atomic E-state index is 0.184. The van der Waals surface area contributed by atoms with Gasteiger partial charge in [-0.3, -0.25) is 0 Å². The van der Waals surface area contributed by atoms with E-state index in [0.717, 1.165) is 43.7 Å². The van der Waals surface area contributed by atoms with E-state index in [0.29, 0.717) is 12.3 Å². The van der Waals surface area contributed by atoms with E-state index in [1.165, 1.54) is 0 Å². The SMILES string of the molecule is CC(C)(C)OC(=O)N1CCC(CNc2ccc(CCO)cc2)CC1. The predicted octanol–water partition coefficient (Wildman–Crippen LogP) is 3.28. The van der Waals surface area contributed by atoms with Crippen LogP contribution < -0.4 is 5.32 Å². The highest BCUT2D eigenvalue weighted by Crippen LogP contribution is 2.20. The summed E-state index contributed by atoms with van der Waals surface area (Å²) < 4.78 is 5.43. The third kappa shape index (κ3) is 6.04. The van der Waals surface area contributed by atoms with Crippen LogP contribution in [0.2, 0.25) is 0 Å². The molecule has 1 aliphatic heterocycles. The summed E-state index contributed by atoms with van der Waals surface area (Å²) in [7, 11) is 0. The van der Waals surface area contributed by atoms with Crippen LogP contribution in [0.3, 0.4) is 0 Å². The summed E-state index contributed by atoms with van der Waals surface area (Å²) in [5, 5.41) is 12.4. The molecule has 1 heterocycles. The van der Waals surface area contributed by atoms with Crippen molar-refractivity contribution in [2.45, 2.75) is 45.6 Å². The number of carbonyl (C=O) groups excluding carboxylic acids is 1. The Bertz CT molecular complexity index is 514. The molecule has 0 spiro atoms. The van der Waals surface area contributed by atoms with Gasteiger partial charge in [-0.2, -0.15) is 0 Å². The van der Waals surface area contributed by atoms with E-state index in [9.17, 15) is 4.79 Å². The molecule has 0 unspecified atom stereocenters. The molecule has 5 nitrogen and oxygen atoms in total. The second-order valence-electron chi connectivity index (χ2n) is 7.46. The zero-order valence-electron chi connectivity index (χ0n) is 15.0. The molecular weight excluding hydrogens is 304 g/mol. The van der Waals surface area contributed by atoms with Crippen LogP contribution in [0, 0.1) is 5.92 Å². The number of nitrogens with one attached hydrogen (secondary N) is 1. The van der Waals surface area contributed by atoms with Crippen LogP contribution in [0.15, 0.2) is 24.3 Å². The van der Waals surface area contributed by atoms with Crippen LogP contribution in [0.1, 0.15) is 39.2 Å². The fourth-order valence-corrected chi connectivity index (χ4v) is 2.83. The topological polar surface area (TPSA) is 61.8 Å². The summed E-state index contributed by atoms with van der Waals surface area (Å²) >= 11 is 0. The van der Waals surface area contributed by atoms with Crippen LogP contribution in [0.4, 0.5) is 10.5 Å². The minimum atomic E-state index is -0.433. The highest BCUT2D eigenvalue weighted by Gasteiger charge is 2.26. The second-order valence-corrected chi connectivity index (χ2v) is 7.46. The third-order valence-corrected chi connectivity index (χ3v) is 4.22. The molecule has 134 valence electrons. The molecule has 1 aromatic rings. The van der Waals surface area contributed by atoms with Gasteiger partial charge in [-0.05, 0) is 63.6 Å². The van der Waals surface area contributed by atoms with Crippen molar-refractivity contribution in [2.75, 3.05) is 31.6 Å². The predicted molar refractivity (Wildman–Crippen MR) is 96.3 cm³/mol. The first-order valence-electron chi connectivity index (χ1n) is 8.79. The fourth-order valence-electron chi connectivity index (χ4n) is 2.83. The van der Waals surface area contributed by atoms with Gasteiger partial charge in [0.05, 0.1) is 0 Å². The lowest BCUT2D eigenvalue weighted by atomic mass is 9.97. The Kier molecular flexibility index (Phi) is 6.49. The Hall–Kier alpha value is -1.75. The van der Waals surface area contributed by atoms with Gasteiger partial charge in [0.25, 0.3) is 0 Å². The van der Waals surface area contributed by atoms with Crippen LogP contribution in [0.25, 0.3) is 0 Å². The molecule has 1 amide bonds. The quantitative estimate of drug-likeness (QED) is 0.867. The summed E-state index contributed by atoms with van der Waals surface area (Å²) in [4.78, 5) is 13.9. The van der Waals surface area contributed by atoms with Gasteiger partial charge in [-0.25, -0.2) is 4.79 Å². The molecule has 1 fully saturated rings. The van der Waals surface area contributed by atoms with Crippen molar-refractivity contribution in [2.24, 2.45) is 5.92 Å². The van der Waals surface area contributed by atoms with Crippen molar-refractivity contribution in [3.05, 3.63) is 29.8 Å². The van der Waals surface area contributed by atoms with Crippen LogP contribution in [-0.4, -0.2) is 47.9 Å². The van der Waals surface area contributed by atoms with Crippen molar-refractivity contribution >= 4 is 11.8 Å². The molecule has 5 heteroatoms. The number of hydrogen-bond donors (Lipinski definition) is 2. The molecular formula is C19H30N2O3. The maximum Gasteiger partial charge on any atom is 0.410 e. The van der Waals surface area contributed by atoms with Crippen molar-refractivity contribution in [1.82, 2.24) is 4.90 Å². The number of benzene rings is 1. The maximum atomic E-state index is 12.1. The molecule has 0 bridgehead atoms. The summed E-state index contributed by atoms with van der Waals surface area (Å²) in [5.74, 6) is 0.570. The lowest BCUT2D eigenvalue weighted by molar-refractivity contribution is 0.0188. The zero-order valence-corrected chi connectivity index (χ0v) is 15.0. The number of carbonyl (C=O) groups is 1. The Morgan fingerprint density at radius 3 is 2.42 bits per heavy atom. The van der Waals surface area contributed by atoms with E-state index in [1.807, 2.05) is 37.8 Å². The summed E-state index contributed by atoms with van der Waals surface area (Å²) in [6.45, 7) is 8.31. The number of hydrogen-bond acceptors (Lipinski definition) is 4. The standard InChI is InChI=1S/C19H30N2O3/c1-19(2,3)24-18(23)21-11-8-16(9-12-21)14-20-17-6-4-15(5-7-17)10-13-22/h4-7,16,20,22H,8-14H2,1-3H3. The minimum Gasteiger partial charge on any atom is -0.444 e. The van der Waals surface area contributed by atoms with E-state index >= 15 is 0 Å². The highest BCUT2D eigenvalue weighted by atomic mass is 16.6. The highest BCUT2D eigenvalue weighted by molar-refractivity contribution is 5.68. The van der Waals surface area contributed by atoms with E-state index in [4.69, 9.17) is 9.84 Å². The number of likely N-dealkylation sites (tertiary alicyclic amines) is 1.